The third-order valence-corrected chi connectivity index (χ3v) is 8.35. The number of fused-ring (bicyclic) bond motifs is 1. The van der Waals surface area contributed by atoms with Gasteiger partial charge in [-0.2, -0.15) is 0 Å². The highest BCUT2D eigenvalue weighted by atomic mass is 32.2. The van der Waals surface area contributed by atoms with Crippen molar-refractivity contribution < 1.29 is 9.90 Å². The van der Waals surface area contributed by atoms with Crippen molar-refractivity contribution in [3.05, 3.63) is 59.4 Å². The minimum Gasteiger partial charge on any atom is -0.363 e. The van der Waals surface area contributed by atoms with Crippen molar-refractivity contribution in [3.63, 3.8) is 0 Å². The molecule has 1 aliphatic rings. The maximum absolute atomic E-state index is 12.3. The number of amides is 1. The summed E-state index contributed by atoms with van der Waals surface area (Å²) in [5.41, 5.74) is 0.214. The van der Waals surface area contributed by atoms with E-state index in [-0.39, 0.29) is 5.91 Å². The Morgan fingerprint density at radius 2 is 1.42 bits per heavy atom. The number of benzene rings is 1. The fourth-order valence-electron chi connectivity index (χ4n) is 5.07. The molecule has 4 nitrogen and oxygen atoms in total. The van der Waals surface area contributed by atoms with Gasteiger partial charge in [-0.25, -0.2) is 0 Å². The Hall–Kier alpha value is -1.85. The largest absolute Gasteiger partial charge is 0.363 e. The van der Waals surface area contributed by atoms with Gasteiger partial charge in [-0.05, 0) is 30.4 Å². The van der Waals surface area contributed by atoms with Gasteiger partial charge in [0.05, 0.1) is 5.56 Å². The van der Waals surface area contributed by atoms with E-state index in [1.54, 1.807) is 12.3 Å². The van der Waals surface area contributed by atoms with E-state index in [1.807, 2.05) is 30.0 Å². The number of aliphatic hydroxyl groups is 1. The summed E-state index contributed by atoms with van der Waals surface area (Å²) < 4.78 is 0. The van der Waals surface area contributed by atoms with Crippen LogP contribution in [0.3, 0.4) is 0 Å². The summed E-state index contributed by atoms with van der Waals surface area (Å²) in [5, 5.41) is 14.0. The molecule has 2 aromatic rings. The standard InChI is InChI=1S/C31H46N2O2S/c1-2-3-4-5-6-7-8-9-10-11-12-13-14-15-16-17-23-36-27-20-18-19-26(24-27)31(35)29-21-22-32-25-28(29)30(34)33-31/h18-22,24-25,35H,2-17,23H2,1H3,(H,33,34). The van der Waals surface area contributed by atoms with Crippen LogP contribution in [0.5, 0.6) is 0 Å². The molecule has 1 atom stereocenters. The molecule has 198 valence electrons. The molecule has 0 saturated heterocycles. The van der Waals surface area contributed by atoms with Crippen LogP contribution in [-0.2, 0) is 5.72 Å². The molecule has 1 aromatic heterocycles. The lowest BCUT2D eigenvalue weighted by atomic mass is 9.96. The normalized spacial score (nSPS) is 16.8. The van der Waals surface area contributed by atoms with Crippen molar-refractivity contribution in [2.45, 2.75) is 120 Å². The summed E-state index contributed by atoms with van der Waals surface area (Å²) in [6.07, 6.45) is 25.3. The van der Waals surface area contributed by atoms with Crippen LogP contribution in [0, 0.1) is 0 Å². The Balaban J connectivity index is 1.22. The molecule has 1 amide bonds. The Labute approximate surface area is 223 Å². The molecule has 1 unspecified atom stereocenters. The number of carbonyl (C=O) groups is 1. The van der Waals surface area contributed by atoms with Crippen LogP contribution in [0.15, 0.2) is 47.6 Å². The maximum atomic E-state index is 12.3. The van der Waals surface area contributed by atoms with Crippen molar-refractivity contribution in [1.82, 2.24) is 10.3 Å². The molecule has 3 rings (SSSR count). The molecule has 0 radical (unpaired) electrons. The van der Waals surface area contributed by atoms with Gasteiger partial charge in [-0.1, -0.05) is 115 Å². The molecule has 1 aromatic carbocycles. The lowest BCUT2D eigenvalue weighted by molar-refractivity contribution is 0.0474. The fourth-order valence-corrected chi connectivity index (χ4v) is 6.04. The van der Waals surface area contributed by atoms with Gasteiger partial charge < -0.3 is 10.4 Å². The van der Waals surface area contributed by atoms with Gasteiger partial charge in [0, 0.05) is 28.4 Å². The number of hydrogen-bond donors (Lipinski definition) is 2. The highest BCUT2D eigenvalue weighted by molar-refractivity contribution is 7.99. The third-order valence-electron chi connectivity index (χ3n) is 7.27. The molecule has 1 aliphatic heterocycles. The lowest BCUT2D eigenvalue weighted by Gasteiger charge is -2.24. The number of pyridine rings is 1. The van der Waals surface area contributed by atoms with Crippen molar-refractivity contribution in [2.24, 2.45) is 0 Å². The summed E-state index contributed by atoms with van der Waals surface area (Å²) >= 11 is 1.82. The Bertz CT molecular complexity index is 919. The van der Waals surface area contributed by atoms with Gasteiger partial charge in [0.2, 0.25) is 0 Å². The van der Waals surface area contributed by atoms with E-state index in [4.69, 9.17) is 0 Å². The molecule has 0 spiro atoms. The quantitative estimate of drug-likeness (QED) is 0.147. The molecule has 0 aliphatic carbocycles. The van der Waals surface area contributed by atoms with Crippen LogP contribution in [0.25, 0.3) is 0 Å². The van der Waals surface area contributed by atoms with Crippen LogP contribution in [0.1, 0.15) is 131 Å². The molecular formula is C31H46N2O2S. The highest BCUT2D eigenvalue weighted by Crippen LogP contribution is 2.36. The number of carbonyl (C=O) groups excluding carboxylic acids is 1. The van der Waals surface area contributed by atoms with Gasteiger partial charge in [-0.15, -0.1) is 11.8 Å². The van der Waals surface area contributed by atoms with Crippen molar-refractivity contribution in [1.29, 1.82) is 0 Å². The summed E-state index contributed by atoms with van der Waals surface area (Å²) in [6.45, 7) is 2.28. The van der Waals surface area contributed by atoms with Gasteiger partial charge >= 0.3 is 0 Å². The number of hydrogen-bond acceptors (Lipinski definition) is 4. The van der Waals surface area contributed by atoms with Crippen LogP contribution < -0.4 is 5.32 Å². The Kier molecular flexibility index (Phi) is 12.8. The second kappa shape index (κ2) is 16.1. The molecule has 0 fully saturated rings. The van der Waals surface area contributed by atoms with Gasteiger partial charge in [0.25, 0.3) is 5.91 Å². The minimum absolute atomic E-state index is 0.285. The van der Waals surface area contributed by atoms with E-state index in [0.717, 1.165) is 10.6 Å². The van der Waals surface area contributed by atoms with Crippen molar-refractivity contribution >= 4 is 17.7 Å². The van der Waals surface area contributed by atoms with E-state index >= 15 is 0 Å². The summed E-state index contributed by atoms with van der Waals surface area (Å²) in [5.74, 6) is 0.791. The number of thioether (sulfide) groups is 1. The van der Waals surface area contributed by atoms with Crippen molar-refractivity contribution in [3.8, 4) is 0 Å². The smallest absolute Gasteiger partial charge is 0.256 e. The van der Waals surface area contributed by atoms with Gasteiger partial charge in [0.1, 0.15) is 0 Å². The first kappa shape index (κ1) is 28.7. The van der Waals surface area contributed by atoms with Crippen LogP contribution in [-0.4, -0.2) is 21.8 Å². The first-order valence-electron chi connectivity index (χ1n) is 14.4. The number of nitrogens with zero attached hydrogens (tertiary/aromatic N) is 1. The molecule has 0 bridgehead atoms. The lowest BCUT2D eigenvalue weighted by Crippen LogP contribution is -2.40. The van der Waals surface area contributed by atoms with Crippen molar-refractivity contribution in [2.75, 3.05) is 5.75 Å². The van der Waals surface area contributed by atoms with Gasteiger partial charge in [-0.3, -0.25) is 9.78 Å². The summed E-state index contributed by atoms with van der Waals surface area (Å²) in [6, 6.07) is 9.60. The molecular weight excluding hydrogens is 464 g/mol. The second-order valence-electron chi connectivity index (χ2n) is 10.3. The van der Waals surface area contributed by atoms with Crippen LogP contribution in [0.4, 0.5) is 0 Å². The van der Waals surface area contributed by atoms with E-state index in [1.165, 1.54) is 109 Å². The average Bonchev–Trinajstić information content (AvgIpc) is 3.17. The second-order valence-corrected chi connectivity index (χ2v) is 11.4. The van der Waals surface area contributed by atoms with E-state index in [0.29, 0.717) is 16.7 Å². The Morgan fingerprint density at radius 1 is 0.833 bits per heavy atom. The van der Waals surface area contributed by atoms with E-state index in [9.17, 15) is 9.90 Å². The zero-order valence-corrected chi connectivity index (χ0v) is 23.1. The predicted molar refractivity (Wildman–Crippen MR) is 151 cm³/mol. The monoisotopic (exact) mass is 510 g/mol. The van der Waals surface area contributed by atoms with Crippen LogP contribution in [0.2, 0.25) is 0 Å². The van der Waals surface area contributed by atoms with Crippen LogP contribution >= 0.6 is 11.8 Å². The average molecular weight is 511 g/mol. The SMILES string of the molecule is CCCCCCCCCCCCCCCCCCSc1cccc(C2(O)NC(=O)c3cnccc32)c1. The topological polar surface area (TPSA) is 62.2 Å². The minimum atomic E-state index is -1.49. The van der Waals surface area contributed by atoms with Gasteiger partial charge in [0.15, 0.2) is 5.72 Å². The fraction of sp³-hybridized carbons (Fsp3) is 0.613. The molecule has 2 N–H and O–H groups in total. The molecule has 0 saturated carbocycles. The summed E-state index contributed by atoms with van der Waals surface area (Å²) in [7, 11) is 0. The predicted octanol–water partition coefficient (Wildman–Crippen LogP) is 8.37. The highest BCUT2D eigenvalue weighted by Gasteiger charge is 2.42. The zero-order chi connectivity index (χ0) is 25.5. The third kappa shape index (κ3) is 8.92. The number of nitrogens with one attached hydrogen (secondary N) is 1. The Morgan fingerprint density at radius 3 is 2.03 bits per heavy atom. The summed E-state index contributed by atoms with van der Waals surface area (Å²) in [4.78, 5) is 17.4. The first-order valence-corrected chi connectivity index (χ1v) is 15.4. The number of rotatable bonds is 19. The first-order chi connectivity index (χ1) is 17.6. The van der Waals surface area contributed by atoms with E-state index < -0.39 is 5.72 Å². The van der Waals surface area contributed by atoms with E-state index in [2.05, 4.69) is 23.3 Å². The molecule has 2 heterocycles. The zero-order valence-electron chi connectivity index (χ0n) is 22.3. The molecule has 5 heteroatoms. The molecule has 36 heavy (non-hydrogen) atoms. The number of aromatic nitrogens is 1. The number of unbranched alkanes of at least 4 members (excludes halogenated alkanes) is 15. The maximum Gasteiger partial charge on any atom is 0.256 e.